The predicted octanol–water partition coefficient (Wildman–Crippen LogP) is 3.56. The van der Waals surface area contributed by atoms with Crippen molar-refractivity contribution >= 4 is 5.97 Å². The molecule has 2 atom stereocenters. The molecule has 2 aromatic rings. The Labute approximate surface area is 137 Å². The highest BCUT2D eigenvalue weighted by Crippen LogP contribution is 2.46. The van der Waals surface area contributed by atoms with Crippen LogP contribution >= 0.6 is 0 Å². The molecule has 3 rings (SSSR count). The number of carbonyl (C=O) groups is 1. The summed E-state index contributed by atoms with van der Waals surface area (Å²) in [5, 5.41) is 0. The third kappa shape index (κ3) is 3.15. The van der Waals surface area contributed by atoms with Crippen molar-refractivity contribution in [1.29, 1.82) is 0 Å². The maximum Gasteiger partial charge on any atom is 0.303 e. The molecule has 1 heterocycles. The zero-order valence-corrected chi connectivity index (χ0v) is 13.7. The van der Waals surface area contributed by atoms with Crippen LogP contribution in [0.15, 0.2) is 60.7 Å². The van der Waals surface area contributed by atoms with Crippen LogP contribution in [0.25, 0.3) is 0 Å². The SMILES string of the molecule is CC(=O)O[C@@]1(c2ccccc2)CCN(C)C[C@H]1c1ccccc1. The van der Waals surface area contributed by atoms with Crippen molar-refractivity contribution in [3.63, 3.8) is 0 Å². The topological polar surface area (TPSA) is 29.5 Å². The van der Waals surface area contributed by atoms with Gasteiger partial charge in [-0.2, -0.15) is 0 Å². The molecule has 1 aliphatic heterocycles. The quantitative estimate of drug-likeness (QED) is 0.812. The minimum Gasteiger partial charge on any atom is -0.454 e. The van der Waals surface area contributed by atoms with Crippen molar-refractivity contribution in [3.05, 3.63) is 71.8 Å². The van der Waals surface area contributed by atoms with Crippen LogP contribution in [-0.4, -0.2) is 31.0 Å². The van der Waals surface area contributed by atoms with E-state index in [0.29, 0.717) is 0 Å². The van der Waals surface area contributed by atoms with Gasteiger partial charge in [-0.25, -0.2) is 0 Å². The van der Waals surface area contributed by atoms with Crippen LogP contribution in [0.5, 0.6) is 0 Å². The average molecular weight is 309 g/mol. The lowest BCUT2D eigenvalue weighted by Gasteiger charge is -2.46. The normalized spacial score (nSPS) is 25.0. The first-order chi connectivity index (χ1) is 11.1. The molecule has 0 unspecified atom stereocenters. The Kier molecular flexibility index (Phi) is 4.49. The number of piperidine rings is 1. The van der Waals surface area contributed by atoms with E-state index in [0.717, 1.165) is 25.1 Å². The van der Waals surface area contributed by atoms with Gasteiger partial charge in [-0.3, -0.25) is 4.79 Å². The monoisotopic (exact) mass is 309 g/mol. The van der Waals surface area contributed by atoms with Crippen LogP contribution in [0.4, 0.5) is 0 Å². The van der Waals surface area contributed by atoms with E-state index in [1.165, 1.54) is 12.5 Å². The van der Waals surface area contributed by atoms with Crippen molar-refractivity contribution in [1.82, 2.24) is 4.90 Å². The first-order valence-electron chi connectivity index (χ1n) is 8.10. The largest absolute Gasteiger partial charge is 0.454 e. The summed E-state index contributed by atoms with van der Waals surface area (Å²) in [6, 6.07) is 20.6. The molecular weight excluding hydrogens is 286 g/mol. The van der Waals surface area contributed by atoms with E-state index in [2.05, 4.69) is 36.2 Å². The zero-order chi connectivity index (χ0) is 16.3. The highest BCUT2D eigenvalue weighted by molar-refractivity contribution is 5.67. The fraction of sp³-hybridized carbons (Fsp3) is 0.350. The lowest BCUT2D eigenvalue weighted by atomic mass is 9.72. The molecule has 0 bridgehead atoms. The maximum absolute atomic E-state index is 11.9. The smallest absolute Gasteiger partial charge is 0.303 e. The van der Waals surface area contributed by atoms with Crippen molar-refractivity contribution in [2.24, 2.45) is 0 Å². The Hall–Kier alpha value is -2.13. The number of rotatable bonds is 3. The van der Waals surface area contributed by atoms with Crippen LogP contribution in [0, 0.1) is 0 Å². The molecule has 0 aliphatic carbocycles. The van der Waals surface area contributed by atoms with E-state index in [9.17, 15) is 4.79 Å². The molecule has 0 aromatic heterocycles. The number of benzene rings is 2. The Morgan fingerprint density at radius 2 is 1.70 bits per heavy atom. The Balaban J connectivity index is 2.12. The maximum atomic E-state index is 11.9. The van der Waals surface area contributed by atoms with E-state index in [1.807, 2.05) is 36.4 Å². The van der Waals surface area contributed by atoms with Crippen LogP contribution in [-0.2, 0) is 15.1 Å². The van der Waals surface area contributed by atoms with Gasteiger partial charge in [-0.15, -0.1) is 0 Å². The molecule has 1 aliphatic rings. The number of likely N-dealkylation sites (tertiary alicyclic amines) is 1. The van der Waals surface area contributed by atoms with E-state index in [-0.39, 0.29) is 11.9 Å². The highest BCUT2D eigenvalue weighted by Gasteiger charge is 2.47. The molecule has 1 saturated heterocycles. The van der Waals surface area contributed by atoms with Gasteiger partial charge < -0.3 is 9.64 Å². The molecule has 0 N–H and O–H groups in total. The first-order valence-corrected chi connectivity index (χ1v) is 8.10. The Morgan fingerprint density at radius 1 is 1.09 bits per heavy atom. The molecule has 3 heteroatoms. The van der Waals surface area contributed by atoms with Crippen LogP contribution in [0.3, 0.4) is 0 Å². The van der Waals surface area contributed by atoms with Crippen molar-refractivity contribution in [3.8, 4) is 0 Å². The Bertz CT molecular complexity index is 656. The second-order valence-electron chi connectivity index (χ2n) is 6.32. The molecule has 120 valence electrons. The fourth-order valence-electron chi connectivity index (χ4n) is 3.64. The summed E-state index contributed by atoms with van der Waals surface area (Å²) < 4.78 is 6.01. The summed E-state index contributed by atoms with van der Waals surface area (Å²) in [4.78, 5) is 14.2. The zero-order valence-electron chi connectivity index (χ0n) is 13.7. The number of hydrogen-bond acceptors (Lipinski definition) is 3. The van der Waals surface area contributed by atoms with Crippen LogP contribution in [0.2, 0.25) is 0 Å². The molecule has 3 nitrogen and oxygen atoms in total. The van der Waals surface area contributed by atoms with Gasteiger partial charge in [0.1, 0.15) is 5.60 Å². The number of esters is 1. The van der Waals surface area contributed by atoms with Gasteiger partial charge in [0.2, 0.25) is 0 Å². The molecule has 0 saturated carbocycles. The summed E-state index contributed by atoms with van der Waals surface area (Å²) in [5.74, 6) is -0.104. The molecule has 23 heavy (non-hydrogen) atoms. The predicted molar refractivity (Wildman–Crippen MR) is 91.2 cm³/mol. The molecule has 1 fully saturated rings. The second kappa shape index (κ2) is 6.55. The summed E-state index contributed by atoms with van der Waals surface area (Å²) in [6.45, 7) is 3.28. The van der Waals surface area contributed by atoms with Gasteiger partial charge in [0.15, 0.2) is 0 Å². The molecule has 0 amide bonds. The van der Waals surface area contributed by atoms with E-state index in [4.69, 9.17) is 4.74 Å². The number of hydrogen-bond donors (Lipinski definition) is 0. The van der Waals surface area contributed by atoms with Crippen molar-refractivity contribution in [2.75, 3.05) is 20.1 Å². The standard InChI is InChI=1S/C20H23NO2/c1-16(22)23-20(18-11-7-4-8-12-18)13-14-21(2)15-19(20)17-9-5-3-6-10-17/h3-12,19H,13-15H2,1-2H3/t19-,20+/m0/s1. The molecular formula is C20H23NO2. The van der Waals surface area contributed by atoms with Crippen LogP contribution < -0.4 is 0 Å². The average Bonchev–Trinajstić information content (AvgIpc) is 2.58. The third-order valence-corrected chi connectivity index (χ3v) is 4.71. The lowest BCUT2D eigenvalue weighted by Crippen LogP contribution is -2.49. The van der Waals surface area contributed by atoms with Crippen LogP contribution in [0.1, 0.15) is 30.4 Å². The first kappa shape index (κ1) is 15.8. The van der Waals surface area contributed by atoms with Gasteiger partial charge in [-0.05, 0) is 18.2 Å². The number of ether oxygens (including phenoxy) is 1. The molecule has 2 aromatic carbocycles. The van der Waals surface area contributed by atoms with Gasteiger partial charge in [0.05, 0.1) is 0 Å². The van der Waals surface area contributed by atoms with E-state index < -0.39 is 5.60 Å². The lowest BCUT2D eigenvalue weighted by molar-refractivity contribution is -0.167. The minimum atomic E-state index is -0.596. The Morgan fingerprint density at radius 3 is 2.30 bits per heavy atom. The number of nitrogens with zero attached hydrogens (tertiary/aromatic N) is 1. The van der Waals surface area contributed by atoms with Gasteiger partial charge in [0.25, 0.3) is 0 Å². The van der Waals surface area contributed by atoms with Gasteiger partial charge >= 0.3 is 5.97 Å². The summed E-state index contributed by atoms with van der Waals surface area (Å²) in [6.07, 6.45) is 0.798. The third-order valence-electron chi connectivity index (χ3n) is 4.71. The van der Waals surface area contributed by atoms with Crippen molar-refractivity contribution < 1.29 is 9.53 Å². The molecule has 0 radical (unpaired) electrons. The number of likely N-dealkylation sites (N-methyl/N-ethyl adjacent to an activating group) is 1. The summed E-state index contributed by atoms with van der Waals surface area (Å²) in [5.41, 5.74) is 1.70. The highest BCUT2D eigenvalue weighted by atomic mass is 16.6. The second-order valence-corrected chi connectivity index (χ2v) is 6.32. The number of carbonyl (C=O) groups excluding carboxylic acids is 1. The van der Waals surface area contributed by atoms with E-state index in [1.54, 1.807) is 0 Å². The van der Waals surface area contributed by atoms with E-state index >= 15 is 0 Å². The minimum absolute atomic E-state index is 0.119. The van der Waals surface area contributed by atoms with Gasteiger partial charge in [0, 0.05) is 32.4 Å². The van der Waals surface area contributed by atoms with Gasteiger partial charge in [-0.1, -0.05) is 60.7 Å². The summed E-state index contributed by atoms with van der Waals surface area (Å²) >= 11 is 0. The molecule has 0 spiro atoms. The summed E-state index contributed by atoms with van der Waals surface area (Å²) in [7, 11) is 2.12. The van der Waals surface area contributed by atoms with Crippen molar-refractivity contribution in [2.45, 2.75) is 24.9 Å². The fourth-order valence-corrected chi connectivity index (χ4v) is 3.64.